The van der Waals surface area contributed by atoms with E-state index in [4.69, 9.17) is 12.2 Å². The summed E-state index contributed by atoms with van der Waals surface area (Å²) in [6.45, 7) is 9.39. The van der Waals surface area contributed by atoms with Crippen LogP contribution in [0.2, 0.25) is 0 Å². The number of ketones is 1. The number of carbonyl (C=O) groups excluding carboxylic acids is 1. The summed E-state index contributed by atoms with van der Waals surface area (Å²) < 4.78 is 0. The molecule has 132 valence electrons. The lowest BCUT2D eigenvalue weighted by atomic mass is 9.86. The van der Waals surface area contributed by atoms with Gasteiger partial charge in [0.15, 0.2) is 10.9 Å². The quantitative estimate of drug-likeness (QED) is 0.591. The van der Waals surface area contributed by atoms with Gasteiger partial charge in [-0.15, -0.1) is 0 Å². The molecule has 25 heavy (non-hydrogen) atoms. The van der Waals surface area contributed by atoms with Crippen molar-refractivity contribution in [2.75, 3.05) is 11.9 Å². The van der Waals surface area contributed by atoms with Crippen molar-refractivity contribution in [2.24, 2.45) is 0 Å². The van der Waals surface area contributed by atoms with Crippen molar-refractivity contribution in [3.05, 3.63) is 65.2 Å². The first kappa shape index (κ1) is 19.1. The van der Waals surface area contributed by atoms with Gasteiger partial charge in [-0.1, -0.05) is 64.1 Å². The first-order valence-corrected chi connectivity index (χ1v) is 9.02. The standard InChI is InChI=1S/C21H26N2OS/c1-5-13-22-20(25)23-18-8-6-7-16(14-18)19(24)15-9-11-17(12-10-15)21(2,3)4/h6-12,14H,5,13H2,1-4H3,(H2,22,23,25). The fourth-order valence-electron chi connectivity index (χ4n) is 2.44. The molecule has 3 nitrogen and oxygen atoms in total. The molecule has 0 saturated heterocycles. The third kappa shape index (κ3) is 5.40. The summed E-state index contributed by atoms with van der Waals surface area (Å²) >= 11 is 5.25. The fourth-order valence-corrected chi connectivity index (χ4v) is 2.66. The molecule has 2 aromatic carbocycles. The van der Waals surface area contributed by atoms with Crippen LogP contribution in [0.15, 0.2) is 48.5 Å². The van der Waals surface area contributed by atoms with Gasteiger partial charge in [0.25, 0.3) is 0 Å². The first-order valence-electron chi connectivity index (χ1n) is 8.61. The molecular formula is C21H26N2OS. The molecule has 0 aliphatic rings. The highest BCUT2D eigenvalue weighted by Crippen LogP contribution is 2.23. The molecule has 0 bridgehead atoms. The Morgan fingerprint density at radius 3 is 2.32 bits per heavy atom. The second kappa shape index (κ2) is 8.26. The maximum atomic E-state index is 12.7. The lowest BCUT2D eigenvalue weighted by Crippen LogP contribution is -2.28. The van der Waals surface area contributed by atoms with Crippen molar-refractivity contribution in [1.82, 2.24) is 5.32 Å². The molecule has 0 fully saturated rings. The van der Waals surface area contributed by atoms with Crippen LogP contribution in [0.4, 0.5) is 5.69 Å². The number of carbonyl (C=O) groups is 1. The van der Waals surface area contributed by atoms with Gasteiger partial charge in [0, 0.05) is 23.4 Å². The minimum absolute atomic E-state index is 0.0107. The molecule has 2 N–H and O–H groups in total. The maximum absolute atomic E-state index is 12.7. The summed E-state index contributed by atoms with van der Waals surface area (Å²) in [6.07, 6.45) is 1.00. The SMILES string of the molecule is CCCNC(=S)Nc1cccc(C(=O)c2ccc(C(C)(C)C)cc2)c1. The van der Waals surface area contributed by atoms with Gasteiger partial charge < -0.3 is 10.6 Å². The van der Waals surface area contributed by atoms with Gasteiger partial charge in [-0.05, 0) is 41.7 Å². The largest absolute Gasteiger partial charge is 0.362 e. The molecule has 0 aromatic heterocycles. The van der Waals surface area contributed by atoms with Crippen LogP contribution in [-0.2, 0) is 5.41 Å². The molecule has 0 aliphatic heterocycles. The normalized spacial score (nSPS) is 11.0. The highest BCUT2D eigenvalue weighted by Gasteiger charge is 2.15. The second-order valence-corrected chi connectivity index (χ2v) is 7.53. The highest BCUT2D eigenvalue weighted by atomic mass is 32.1. The van der Waals surface area contributed by atoms with Crippen molar-refractivity contribution in [2.45, 2.75) is 39.5 Å². The molecule has 0 atom stereocenters. The van der Waals surface area contributed by atoms with E-state index in [2.05, 4.69) is 38.3 Å². The van der Waals surface area contributed by atoms with Crippen molar-refractivity contribution in [3.8, 4) is 0 Å². The van der Waals surface area contributed by atoms with Crippen LogP contribution < -0.4 is 10.6 Å². The summed E-state index contributed by atoms with van der Waals surface area (Å²) in [5.74, 6) is 0.0107. The average Bonchev–Trinajstić information content (AvgIpc) is 2.59. The van der Waals surface area contributed by atoms with Crippen LogP contribution in [-0.4, -0.2) is 17.4 Å². The summed E-state index contributed by atoms with van der Waals surface area (Å²) in [6, 6.07) is 15.3. The molecule has 0 spiro atoms. The van der Waals surface area contributed by atoms with Crippen LogP contribution >= 0.6 is 12.2 Å². The third-order valence-electron chi connectivity index (χ3n) is 3.93. The number of thiocarbonyl (C=S) groups is 1. The first-order chi connectivity index (χ1) is 11.8. The molecule has 2 aromatic rings. The van der Waals surface area contributed by atoms with Crippen molar-refractivity contribution < 1.29 is 4.79 Å². The molecule has 0 saturated carbocycles. The summed E-state index contributed by atoms with van der Waals surface area (Å²) in [5, 5.41) is 6.81. The number of rotatable bonds is 5. The number of hydrogen-bond acceptors (Lipinski definition) is 2. The van der Waals surface area contributed by atoms with Gasteiger partial charge in [0.1, 0.15) is 0 Å². The van der Waals surface area contributed by atoms with Crippen molar-refractivity contribution in [3.63, 3.8) is 0 Å². The Morgan fingerprint density at radius 2 is 1.72 bits per heavy atom. The van der Waals surface area contributed by atoms with E-state index < -0.39 is 0 Å². The fraction of sp³-hybridized carbons (Fsp3) is 0.333. The van der Waals surface area contributed by atoms with E-state index in [9.17, 15) is 4.79 Å². The zero-order valence-corrected chi connectivity index (χ0v) is 16.2. The predicted molar refractivity (Wildman–Crippen MR) is 110 cm³/mol. The Morgan fingerprint density at radius 1 is 1.04 bits per heavy atom. The minimum atomic E-state index is 0.0107. The number of nitrogens with one attached hydrogen (secondary N) is 2. The molecule has 0 unspecified atom stereocenters. The third-order valence-corrected chi connectivity index (χ3v) is 4.18. The second-order valence-electron chi connectivity index (χ2n) is 7.12. The van der Waals surface area contributed by atoms with Crippen LogP contribution in [0.25, 0.3) is 0 Å². The van der Waals surface area contributed by atoms with E-state index in [0.717, 1.165) is 18.7 Å². The molecule has 4 heteroatoms. The summed E-state index contributed by atoms with van der Waals surface area (Å²) in [5.41, 5.74) is 3.44. The molecule has 0 heterocycles. The van der Waals surface area contributed by atoms with Gasteiger partial charge in [0.05, 0.1) is 0 Å². The maximum Gasteiger partial charge on any atom is 0.193 e. The van der Waals surface area contributed by atoms with Gasteiger partial charge in [0.2, 0.25) is 0 Å². The van der Waals surface area contributed by atoms with Crippen LogP contribution in [0.5, 0.6) is 0 Å². The zero-order valence-electron chi connectivity index (χ0n) is 15.3. The Labute approximate surface area is 155 Å². The molecule has 0 aliphatic carbocycles. The lowest BCUT2D eigenvalue weighted by Gasteiger charge is -2.19. The Balaban J connectivity index is 2.14. The Hall–Kier alpha value is -2.20. The smallest absolute Gasteiger partial charge is 0.193 e. The minimum Gasteiger partial charge on any atom is -0.362 e. The lowest BCUT2D eigenvalue weighted by molar-refractivity contribution is 0.103. The van der Waals surface area contributed by atoms with Crippen molar-refractivity contribution >= 4 is 28.8 Å². The van der Waals surface area contributed by atoms with Gasteiger partial charge in [-0.25, -0.2) is 0 Å². The number of hydrogen-bond donors (Lipinski definition) is 2. The van der Waals surface area contributed by atoms with Gasteiger partial charge in [-0.3, -0.25) is 4.79 Å². The number of anilines is 1. The Bertz CT molecular complexity index is 745. The van der Waals surface area contributed by atoms with Crippen LogP contribution in [0, 0.1) is 0 Å². The monoisotopic (exact) mass is 354 g/mol. The van der Waals surface area contributed by atoms with Crippen LogP contribution in [0.1, 0.15) is 55.6 Å². The Kier molecular flexibility index (Phi) is 6.32. The molecule has 2 rings (SSSR count). The van der Waals surface area contributed by atoms with Crippen molar-refractivity contribution in [1.29, 1.82) is 0 Å². The zero-order chi connectivity index (χ0) is 18.4. The van der Waals surface area contributed by atoms with E-state index in [-0.39, 0.29) is 11.2 Å². The number of benzene rings is 2. The summed E-state index contributed by atoms with van der Waals surface area (Å²) in [4.78, 5) is 12.7. The summed E-state index contributed by atoms with van der Waals surface area (Å²) in [7, 11) is 0. The average molecular weight is 355 g/mol. The highest BCUT2D eigenvalue weighted by molar-refractivity contribution is 7.80. The van der Waals surface area contributed by atoms with Gasteiger partial charge in [-0.2, -0.15) is 0 Å². The molecule has 0 radical (unpaired) electrons. The molecular weight excluding hydrogens is 328 g/mol. The predicted octanol–water partition coefficient (Wildman–Crippen LogP) is 4.91. The van der Waals surface area contributed by atoms with Gasteiger partial charge >= 0.3 is 0 Å². The topological polar surface area (TPSA) is 41.1 Å². The van der Waals surface area contributed by atoms with E-state index in [1.54, 1.807) is 0 Å². The van der Waals surface area contributed by atoms with E-state index in [0.29, 0.717) is 16.2 Å². The molecule has 0 amide bonds. The van der Waals surface area contributed by atoms with E-state index >= 15 is 0 Å². The van der Waals surface area contributed by atoms with Crippen LogP contribution in [0.3, 0.4) is 0 Å². The van der Waals surface area contributed by atoms with E-state index in [1.807, 2.05) is 48.5 Å². The van der Waals surface area contributed by atoms with E-state index in [1.165, 1.54) is 5.56 Å².